The Balaban J connectivity index is 1.94. The molecule has 0 bridgehead atoms. The third-order valence-corrected chi connectivity index (χ3v) is 3.27. The summed E-state index contributed by atoms with van der Waals surface area (Å²) in [5.41, 5.74) is 1.15. The van der Waals surface area contributed by atoms with Crippen LogP contribution in [0.4, 0.5) is 0 Å². The molecule has 2 N–H and O–H groups in total. The van der Waals surface area contributed by atoms with Gasteiger partial charge in [0.2, 0.25) is 0 Å². The van der Waals surface area contributed by atoms with Gasteiger partial charge in [0, 0.05) is 19.3 Å². The zero-order valence-corrected chi connectivity index (χ0v) is 10.1. The highest BCUT2D eigenvalue weighted by atomic mass is 16.5. The van der Waals surface area contributed by atoms with Gasteiger partial charge in [-0.15, -0.1) is 0 Å². The Morgan fingerprint density at radius 3 is 2.82 bits per heavy atom. The molecule has 1 aromatic carbocycles. The van der Waals surface area contributed by atoms with E-state index in [4.69, 9.17) is 4.74 Å². The van der Waals surface area contributed by atoms with Gasteiger partial charge in [-0.3, -0.25) is 0 Å². The fraction of sp³-hybridized carbons (Fsp3) is 0.571. The van der Waals surface area contributed by atoms with Crippen molar-refractivity contribution >= 4 is 0 Å². The average Bonchev–Trinajstić information content (AvgIpc) is 2.65. The highest BCUT2D eigenvalue weighted by molar-refractivity contribution is 5.19. The van der Waals surface area contributed by atoms with Gasteiger partial charge in [-0.1, -0.05) is 30.3 Å². The molecule has 2 atom stereocenters. The first-order chi connectivity index (χ1) is 8.40. The van der Waals surface area contributed by atoms with Gasteiger partial charge in [0.15, 0.2) is 0 Å². The summed E-state index contributed by atoms with van der Waals surface area (Å²) in [6.07, 6.45) is 3.26. The van der Waals surface area contributed by atoms with Crippen LogP contribution in [0.3, 0.4) is 0 Å². The molecule has 17 heavy (non-hydrogen) atoms. The molecule has 1 aromatic rings. The quantitative estimate of drug-likeness (QED) is 0.837. The number of hydrogen-bond donors (Lipinski definition) is 2. The smallest absolute Gasteiger partial charge is 0.0626 e. The predicted octanol–water partition coefficient (Wildman–Crippen LogP) is 1.88. The first-order valence-electron chi connectivity index (χ1n) is 6.40. The highest BCUT2D eigenvalue weighted by Gasteiger charge is 2.17. The van der Waals surface area contributed by atoms with Gasteiger partial charge < -0.3 is 15.2 Å². The second-order valence-corrected chi connectivity index (χ2v) is 4.55. The van der Waals surface area contributed by atoms with Crippen molar-refractivity contribution in [2.75, 3.05) is 19.8 Å². The molecule has 0 aliphatic carbocycles. The van der Waals surface area contributed by atoms with Crippen LogP contribution in [0.1, 0.15) is 30.9 Å². The monoisotopic (exact) mass is 235 g/mol. The topological polar surface area (TPSA) is 41.5 Å². The number of rotatable bonds is 4. The SMILES string of the molecule is OC[C@H](NC1CCCOCC1)c1ccccc1. The van der Waals surface area contributed by atoms with E-state index in [1.165, 1.54) is 0 Å². The molecule has 0 spiro atoms. The molecule has 3 heteroatoms. The fourth-order valence-corrected chi connectivity index (χ4v) is 2.29. The van der Waals surface area contributed by atoms with Crippen LogP contribution in [-0.2, 0) is 4.74 Å². The van der Waals surface area contributed by atoms with Crippen molar-refractivity contribution in [1.82, 2.24) is 5.32 Å². The van der Waals surface area contributed by atoms with E-state index < -0.39 is 0 Å². The van der Waals surface area contributed by atoms with E-state index in [9.17, 15) is 5.11 Å². The van der Waals surface area contributed by atoms with Crippen LogP contribution in [-0.4, -0.2) is 31.0 Å². The van der Waals surface area contributed by atoms with Crippen LogP contribution in [0.5, 0.6) is 0 Å². The summed E-state index contributed by atoms with van der Waals surface area (Å²) in [7, 11) is 0. The first kappa shape index (κ1) is 12.6. The van der Waals surface area contributed by atoms with Gasteiger partial charge in [0.05, 0.1) is 12.6 Å². The largest absolute Gasteiger partial charge is 0.394 e. The average molecular weight is 235 g/mol. The molecule has 3 nitrogen and oxygen atoms in total. The lowest BCUT2D eigenvalue weighted by Gasteiger charge is -2.23. The molecule has 1 fully saturated rings. The van der Waals surface area contributed by atoms with E-state index in [0.29, 0.717) is 6.04 Å². The third kappa shape index (κ3) is 3.80. The van der Waals surface area contributed by atoms with E-state index in [0.717, 1.165) is 38.0 Å². The van der Waals surface area contributed by atoms with Crippen molar-refractivity contribution in [1.29, 1.82) is 0 Å². The van der Waals surface area contributed by atoms with Crippen LogP contribution in [0.15, 0.2) is 30.3 Å². The fourth-order valence-electron chi connectivity index (χ4n) is 2.29. The van der Waals surface area contributed by atoms with Crippen LogP contribution in [0.2, 0.25) is 0 Å². The van der Waals surface area contributed by atoms with Crippen molar-refractivity contribution < 1.29 is 9.84 Å². The maximum Gasteiger partial charge on any atom is 0.0626 e. The van der Waals surface area contributed by atoms with Gasteiger partial charge in [-0.2, -0.15) is 0 Å². The minimum atomic E-state index is 0.0410. The molecule has 0 amide bonds. The molecule has 1 saturated heterocycles. The lowest BCUT2D eigenvalue weighted by Crippen LogP contribution is -2.34. The molecular formula is C14H21NO2. The molecule has 1 aliphatic rings. The Kier molecular flexibility index (Phi) is 4.98. The number of nitrogens with one attached hydrogen (secondary N) is 1. The Morgan fingerprint density at radius 1 is 1.24 bits per heavy atom. The lowest BCUT2D eigenvalue weighted by atomic mass is 10.0. The molecule has 0 aromatic heterocycles. The lowest BCUT2D eigenvalue weighted by molar-refractivity contribution is 0.141. The summed E-state index contributed by atoms with van der Waals surface area (Å²) in [5.74, 6) is 0. The Morgan fingerprint density at radius 2 is 2.06 bits per heavy atom. The predicted molar refractivity (Wildman–Crippen MR) is 67.9 cm³/mol. The zero-order valence-electron chi connectivity index (χ0n) is 10.1. The van der Waals surface area contributed by atoms with Crippen LogP contribution in [0.25, 0.3) is 0 Å². The van der Waals surface area contributed by atoms with Gasteiger partial charge in [-0.05, 0) is 24.8 Å². The summed E-state index contributed by atoms with van der Waals surface area (Å²) in [4.78, 5) is 0. The third-order valence-electron chi connectivity index (χ3n) is 3.27. The van der Waals surface area contributed by atoms with Crippen molar-refractivity contribution in [2.24, 2.45) is 0 Å². The Hall–Kier alpha value is -0.900. The van der Waals surface area contributed by atoms with E-state index in [1.807, 2.05) is 18.2 Å². The van der Waals surface area contributed by atoms with Crippen LogP contribution < -0.4 is 5.32 Å². The maximum atomic E-state index is 9.49. The maximum absolute atomic E-state index is 9.49. The summed E-state index contributed by atoms with van der Waals surface area (Å²) >= 11 is 0. The number of ether oxygens (including phenoxy) is 1. The summed E-state index contributed by atoms with van der Waals surface area (Å²) in [6, 6.07) is 10.6. The molecule has 0 saturated carbocycles. The summed E-state index contributed by atoms with van der Waals surface area (Å²) < 4.78 is 5.44. The van der Waals surface area contributed by atoms with E-state index in [-0.39, 0.29) is 12.6 Å². The molecule has 0 radical (unpaired) electrons. The molecule has 1 heterocycles. The van der Waals surface area contributed by atoms with Gasteiger partial charge in [-0.25, -0.2) is 0 Å². The molecule has 1 aliphatic heterocycles. The Bertz CT molecular complexity index is 307. The van der Waals surface area contributed by atoms with E-state index in [2.05, 4.69) is 17.4 Å². The van der Waals surface area contributed by atoms with Crippen LogP contribution in [0, 0.1) is 0 Å². The van der Waals surface area contributed by atoms with E-state index in [1.54, 1.807) is 0 Å². The van der Waals surface area contributed by atoms with Crippen molar-refractivity contribution in [3.63, 3.8) is 0 Å². The minimum absolute atomic E-state index is 0.0410. The van der Waals surface area contributed by atoms with Gasteiger partial charge in [0.1, 0.15) is 0 Å². The normalized spacial score (nSPS) is 23.0. The van der Waals surface area contributed by atoms with Crippen molar-refractivity contribution in [3.8, 4) is 0 Å². The van der Waals surface area contributed by atoms with E-state index >= 15 is 0 Å². The van der Waals surface area contributed by atoms with Crippen LogP contribution >= 0.6 is 0 Å². The second-order valence-electron chi connectivity index (χ2n) is 4.55. The standard InChI is InChI=1S/C14H21NO2/c16-11-14(12-5-2-1-3-6-12)15-13-7-4-9-17-10-8-13/h1-3,5-6,13-16H,4,7-11H2/t13?,14-/m0/s1. The Labute approximate surface area is 103 Å². The summed E-state index contributed by atoms with van der Waals surface area (Å²) in [5, 5.41) is 13.0. The number of aliphatic hydroxyl groups is 1. The van der Waals surface area contributed by atoms with Crippen molar-refractivity contribution in [3.05, 3.63) is 35.9 Å². The molecule has 2 rings (SSSR count). The highest BCUT2D eigenvalue weighted by Crippen LogP contribution is 2.16. The van der Waals surface area contributed by atoms with Gasteiger partial charge >= 0.3 is 0 Å². The number of aliphatic hydroxyl groups excluding tert-OH is 1. The minimum Gasteiger partial charge on any atom is -0.394 e. The van der Waals surface area contributed by atoms with Crippen molar-refractivity contribution in [2.45, 2.75) is 31.3 Å². The second kappa shape index (κ2) is 6.74. The zero-order chi connectivity index (χ0) is 11.9. The molecule has 94 valence electrons. The number of hydrogen-bond acceptors (Lipinski definition) is 3. The van der Waals surface area contributed by atoms with Gasteiger partial charge in [0.25, 0.3) is 0 Å². The number of benzene rings is 1. The first-order valence-corrected chi connectivity index (χ1v) is 6.40. The molecule has 1 unspecified atom stereocenters. The summed E-state index contributed by atoms with van der Waals surface area (Å²) in [6.45, 7) is 1.83. The molecular weight excluding hydrogens is 214 g/mol.